The van der Waals surface area contributed by atoms with Crippen LogP contribution < -0.4 is 16.2 Å². The highest BCUT2D eigenvalue weighted by atomic mass is 19.1. The molecule has 2 aromatic rings. The summed E-state index contributed by atoms with van der Waals surface area (Å²) >= 11 is 0. The van der Waals surface area contributed by atoms with Gasteiger partial charge >= 0.3 is 0 Å². The van der Waals surface area contributed by atoms with Crippen LogP contribution in [0.2, 0.25) is 0 Å². The van der Waals surface area contributed by atoms with Gasteiger partial charge in [0.2, 0.25) is 5.91 Å². The van der Waals surface area contributed by atoms with Crippen molar-refractivity contribution in [3.63, 3.8) is 0 Å². The summed E-state index contributed by atoms with van der Waals surface area (Å²) in [4.78, 5) is 11.0. The number of ether oxygens (including phenoxy) is 1. The first-order chi connectivity index (χ1) is 9.47. The third-order valence-corrected chi connectivity index (χ3v) is 2.96. The number of nitrogens with two attached hydrogens (primary N) is 2. The van der Waals surface area contributed by atoms with Crippen molar-refractivity contribution in [3.05, 3.63) is 58.9 Å². The predicted octanol–water partition coefficient (Wildman–Crippen LogP) is 2.39. The van der Waals surface area contributed by atoms with Crippen LogP contribution >= 0.6 is 0 Å². The fourth-order valence-electron chi connectivity index (χ4n) is 1.76. The Morgan fingerprint density at radius 2 is 2.00 bits per heavy atom. The van der Waals surface area contributed by atoms with Gasteiger partial charge in [0.1, 0.15) is 18.2 Å². The Hall–Kier alpha value is -2.56. The number of primary amides is 1. The molecule has 4 N–H and O–H groups in total. The van der Waals surface area contributed by atoms with Gasteiger partial charge in [0, 0.05) is 22.9 Å². The highest BCUT2D eigenvalue weighted by Crippen LogP contribution is 2.22. The first kappa shape index (κ1) is 13.9. The number of rotatable bonds is 4. The van der Waals surface area contributed by atoms with Crippen LogP contribution in [0.3, 0.4) is 0 Å². The van der Waals surface area contributed by atoms with Gasteiger partial charge in [-0.1, -0.05) is 12.1 Å². The molecule has 20 heavy (non-hydrogen) atoms. The minimum atomic E-state index is -0.537. The summed E-state index contributed by atoms with van der Waals surface area (Å²) < 4.78 is 18.7. The second-order valence-corrected chi connectivity index (χ2v) is 4.48. The van der Waals surface area contributed by atoms with Gasteiger partial charge < -0.3 is 16.2 Å². The van der Waals surface area contributed by atoms with Crippen LogP contribution in [-0.4, -0.2) is 5.91 Å². The standard InChI is InChI=1S/C15H15FN2O2/c1-9-2-5-12(16)7-14(9)20-8-11-4-3-10(15(18)19)6-13(11)17/h2-7H,8,17H2,1H3,(H2,18,19). The first-order valence-electron chi connectivity index (χ1n) is 6.04. The number of hydrogen-bond acceptors (Lipinski definition) is 3. The van der Waals surface area contributed by atoms with Crippen molar-refractivity contribution in [2.45, 2.75) is 13.5 Å². The van der Waals surface area contributed by atoms with Crippen molar-refractivity contribution in [2.24, 2.45) is 5.73 Å². The monoisotopic (exact) mass is 274 g/mol. The van der Waals surface area contributed by atoms with Crippen molar-refractivity contribution in [3.8, 4) is 5.75 Å². The summed E-state index contributed by atoms with van der Waals surface area (Å²) in [6.07, 6.45) is 0. The van der Waals surface area contributed by atoms with E-state index in [9.17, 15) is 9.18 Å². The number of halogens is 1. The highest BCUT2D eigenvalue weighted by Gasteiger charge is 2.07. The Morgan fingerprint density at radius 1 is 1.25 bits per heavy atom. The predicted molar refractivity (Wildman–Crippen MR) is 74.8 cm³/mol. The SMILES string of the molecule is Cc1ccc(F)cc1OCc1ccc(C(N)=O)cc1N. The molecule has 0 aliphatic heterocycles. The average Bonchev–Trinajstić information content (AvgIpc) is 2.40. The van der Waals surface area contributed by atoms with E-state index in [1.54, 1.807) is 18.2 Å². The zero-order chi connectivity index (χ0) is 14.7. The summed E-state index contributed by atoms with van der Waals surface area (Å²) in [6, 6.07) is 9.09. The topological polar surface area (TPSA) is 78.3 Å². The molecule has 0 aliphatic carbocycles. The molecule has 0 saturated carbocycles. The summed E-state index contributed by atoms with van der Waals surface area (Å²) in [5.74, 6) is -0.434. The van der Waals surface area contributed by atoms with Gasteiger partial charge in [-0.2, -0.15) is 0 Å². The number of amides is 1. The number of hydrogen-bond donors (Lipinski definition) is 2. The number of anilines is 1. The van der Waals surface area contributed by atoms with Crippen LogP contribution in [0.5, 0.6) is 5.75 Å². The molecule has 0 bridgehead atoms. The van der Waals surface area contributed by atoms with Gasteiger partial charge in [-0.15, -0.1) is 0 Å². The molecule has 0 spiro atoms. The molecule has 0 aromatic heterocycles. The molecule has 5 heteroatoms. The number of carbonyl (C=O) groups is 1. The molecule has 0 fully saturated rings. The van der Waals surface area contributed by atoms with Crippen molar-refractivity contribution >= 4 is 11.6 Å². The maximum Gasteiger partial charge on any atom is 0.248 e. The fraction of sp³-hybridized carbons (Fsp3) is 0.133. The molecule has 2 rings (SSSR count). The van der Waals surface area contributed by atoms with E-state index in [4.69, 9.17) is 16.2 Å². The van der Waals surface area contributed by atoms with E-state index >= 15 is 0 Å². The molecule has 2 aromatic carbocycles. The molecule has 4 nitrogen and oxygen atoms in total. The average molecular weight is 274 g/mol. The molecular formula is C15H15FN2O2. The van der Waals surface area contributed by atoms with Gasteiger partial charge in [0.15, 0.2) is 0 Å². The normalized spacial score (nSPS) is 10.3. The molecular weight excluding hydrogens is 259 g/mol. The van der Waals surface area contributed by atoms with Crippen LogP contribution in [0.4, 0.5) is 10.1 Å². The number of aryl methyl sites for hydroxylation is 1. The highest BCUT2D eigenvalue weighted by molar-refractivity contribution is 5.93. The third kappa shape index (κ3) is 3.06. The van der Waals surface area contributed by atoms with Crippen molar-refractivity contribution in [1.82, 2.24) is 0 Å². The van der Waals surface area contributed by atoms with Crippen LogP contribution in [0.15, 0.2) is 36.4 Å². The van der Waals surface area contributed by atoms with Gasteiger partial charge in [0.25, 0.3) is 0 Å². The van der Waals surface area contributed by atoms with E-state index in [-0.39, 0.29) is 12.4 Å². The minimum Gasteiger partial charge on any atom is -0.488 e. The Bertz CT molecular complexity index is 656. The Balaban J connectivity index is 2.15. The second kappa shape index (κ2) is 5.61. The van der Waals surface area contributed by atoms with Crippen molar-refractivity contribution in [1.29, 1.82) is 0 Å². The van der Waals surface area contributed by atoms with Crippen LogP contribution in [0, 0.1) is 12.7 Å². The summed E-state index contributed by atoms with van der Waals surface area (Å²) in [5, 5.41) is 0. The van der Waals surface area contributed by atoms with E-state index in [1.807, 2.05) is 6.92 Å². The van der Waals surface area contributed by atoms with Gasteiger partial charge in [-0.25, -0.2) is 4.39 Å². The Kier molecular flexibility index (Phi) is 3.89. The molecule has 1 amide bonds. The molecule has 0 radical (unpaired) electrons. The fourth-order valence-corrected chi connectivity index (χ4v) is 1.76. The smallest absolute Gasteiger partial charge is 0.248 e. The van der Waals surface area contributed by atoms with E-state index < -0.39 is 5.91 Å². The lowest BCUT2D eigenvalue weighted by molar-refractivity contribution is 0.100. The lowest BCUT2D eigenvalue weighted by Crippen LogP contribution is -2.12. The van der Waals surface area contributed by atoms with E-state index in [0.29, 0.717) is 22.6 Å². The Labute approximate surface area is 116 Å². The molecule has 0 atom stereocenters. The van der Waals surface area contributed by atoms with Crippen LogP contribution in [-0.2, 0) is 6.61 Å². The Morgan fingerprint density at radius 3 is 2.65 bits per heavy atom. The maximum absolute atomic E-state index is 13.1. The number of nitrogen functional groups attached to an aromatic ring is 1. The third-order valence-electron chi connectivity index (χ3n) is 2.96. The molecule has 0 saturated heterocycles. The van der Waals surface area contributed by atoms with E-state index in [2.05, 4.69) is 0 Å². The van der Waals surface area contributed by atoms with E-state index in [1.165, 1.54) is 18.2 Å². The molecule has 0 unspecified atom stereocenters. The lowest BCUT2D eigenvalue weighted by Gasteiger charge is -2.11. The molecule has 104 valence electrons. The number of benzene rings is 2. The first-order valence-corrected chi connectivity index (χ1v) is 6.04. The van der Waals surface area contributed by atoms with Crippen molar-refractivity contribution in [2.75, 3.05) is 5.73 Å². The van der Waals surface area contributed by atoms with Gasteiger partial charge in [-0.05, 0) is 30.7 Å². The minimum absolute atomic E-state index is 0.190. The zero-order valence-electron chi connectivity index (χ0n) is 11.0. The quantitative estimate of drug-likeness (QED) is 0.840. The van der Waals surface area contributed by atoms with Gasteiger partial charge in [-0.3, -0.25) is 4.79 Å². The molecule has 0 aliphatic rings. The lowest BCUT2D eigenvalue weighted by atomic mass is 10.1. The van der Waals surface area contributed by atoms with Crippen LogP contribution in [0.25, 0.3) is 0 Å². The molecule has 0 heterocycles. The van der Waals surface area contributed by atoms with Crippen molar-refractivity contribution < 1.29 is 13.9 Å². The van der Waals surface area contributed by atoms with Gasteiger partial charge in [0.05, 0.1) is 0 Å². The van der Waals surface area contributed by atoms with Crippen LogP contribution in [0.1, 0.15) is 21.5 Å². The number of carbonyl (C=O) groups excluding carboxylic acids is 1. The maximum atomic E-state index is 13.1. The second-order valence-electron chi connectivity index (χ2n) is 4.48. The van der Waals surface area contributed by atoms with E-state index in [0.717, 1.165) is 5.56 Å². The summed E-state index contributed by atoms with van der Waals surface area (Å²) in [7, 11) is 0. The summed E-state index contributed by atoms with van der Waals surface area (Å²) in [6.45, 7) is 2.02. The largest absolute Gasteiger partial charge is 0.488 e. The summed E-state index contributed by atoms with van der Waals surface area (Å²) in [5.41, 5.74) is 13.3. The zero-order valence-corrected chi connectivity index (χ0v) is 11.0.